The zero-order valence-electron chi connectivity index (χ0n) is 22.2. The van der Waals surface area contributed by atoms with Crippen molar-refractivity contribution in [2.45, 2.75) is 63.3 Å². The van der Waals surface area contributed by atoms with E-state index in [1.165, 1.54) is 0 Å². The number of piperidine rings is 1. The van der Waals surface area contributed by atoms with Gasteiger partial charge in [0.15, 0.2) is 6.61 Å². The van der Waals surface area contributed by atoms with Crippen molar-refractivity contribution in [2.75, 3.05) is 25.0 Å². The van der Waals surface area contributed by atoms with Gasteiger partial charge in [-0.15, -0.1) is 0 Å². The van der Waals surface area contributed by atoms with E-state index in [2.05, 4.69) is 16.0 Å². The minimum Gasteiger partial charge on any atom is -0.482 e. The van der Waals surface area contributed by atoms with Crippen LogP contribution in [0.25, 0.3) is 0 Å². The van der Waals surface area contributed by atoms with Crippen LogP contribution in [-0.2, 0) is 28.5 Å². The second-order valence-corrected chi connectivity index (χ2v) is 11.3. The van der Waals surface area contributed by atoms with Gasteiger partial charge in [0.1, 0.15) is 5.75 Å². The molecule has 1 aliphatic carbocycles. The lowest BCUT2D eigenvalue weighted by atomic mass is 9.69. The number of hydrogen-bond donors (Lipinski definition) is 3. The third-order valence-corrected chi connectivity index (χ3v) is 8.20. The zero-order chi connectivity index (χ0) is 29.4. The summed E-state index contributed by atoms with van der Waals surface area (Å²) in [5, 5.41) is 8.72. The maximum atomic E-state index is 13.7. The molecule has 3 N–H and O–H groups in total. The molecule has 2 aromatic carbocycles. The van der Waals surface area contributed by atoms with E-state index in [0.717, 1.165) is 24.8 Å². The van der Waals surface area contributed by atoms with Crippen LogP contribution < -0.4 is 20.7 Å². The molecular weight excluding hydrogens is 552 g/mol. The Morgan fingerprint density at radius 1 is 1.00 bits per heavy atom. The first-order valence-electron chi connectivity index (χ1n) is 13.7. The standard InChI is InChI=1S/C29H31F6N3O3/c30-28(31,32)21-10-18(11-22(13-21)29(33,34)35)15-37-26(40)27(5-7-36-8-6-27)14-20(9-17-1-2-17)19-3-4-24-23(12-19)38-25(39)16-41-24/h3-4,10-13,17,20,36H,1-2,5-9,14-16H2,(H,37,40)(H,38,39). The fourth-order valence-electron chi connectivity index (χ4n) is 5.84. The van der Waals surface area contributed by atoms with Crippen molar-refractivity contribution in [3.05, 3.63) is 58.7 Å². The Balaban J connectivity index is 1.39. The van der Waals surface area contributed by atoms with Gasteiger partial charge in [-0.25, -0.2) is 0 Å². The monoisotopic (exact) mass is 583 g/mol. The number of alkyl halides is 6. The molecule has 2 aromatic rings. The number of fused-ring (bicyclic) bond motifs is 1. The Bertz CT molecular complexity index is 1270. The molecule has 6 nitrogen and oxygen atoms in total. The first kappa shape index (κ1) is 29.2. The number of nitrogens with one attached hydrogen (secondary N) is 3. The highest BCUT2D eigenvalue weighted by molar-refractivity contribution is 5.95. The van der Waals surface area contributed by atoms with Crippen LogP contribution in [0.3, 0.4) is 0 Å². The number of ether oxygens (including phenoxy) is 1. The van der Waals surface area contributed by atoms with Crippen LogP contribution in [0.2, 0.25) is 0 Å². The number of halogens is 6. The molecule has 3 aliphatic rings. The molecule has 1 atom stereocenters. The third-order valence-electron chi connectivity index (χ3n) is 8.20. The fraction of sp³-hybridized carbons (Fsp3) is 0.517. The average molecular weight is 584 g/mol. The summed E-state index contributed by atoms with van der Waals surface area (Å²) in [6.45, 7) is 0.583. The molecule has 0 spiro atoms. The summed E-state index contributed by atoms with van der Waals surface area (Å²) in [7, 11) is 0. The van der Waals surface area contributed by atoms with Crippen molar-refractivity contribution < 1.29 is 40.7 Å². The minimum atomic E-state index is -4.97. The second-order valence-electron chi connectivity index (χ2n) is 11.3. The van der Waals surface area contributed by atoms with E-state index in [1.807, 2.05) is 12.1 Å². The Morgan fingerprint density at radius 2 is 1.66 bits per heavy atom. The van der Waals surface area contributed by atoms with Crippen LogP contribution in [0.4, 0.5) is 32.0 Å². The van der Waals surface area contributed by atoms with E-state index in [0.29, 0.717) is 61.8 Å². The van der Waals surface area contributed by atoms with Crippen molar-refractivity contribution in [2.24, 2.45) is 11.3 Å². The van der Waals surface area contributed by atoms with Gasteiger partial charge in [-0.1, -0.05) is 18.9 Å². The Morgan fingerprint density at radius 3 is 2.27 bits per heavy atom. The predicted molar refractivity (Wildman–Crippen MR) is 138 cm³/mol. The van der Waals surface area contributed by atoms with E-state index in [9.17, 15) is 35.9 Å². The summed E-state index contributed by atoms with van der Waals surface area (Å²) in [5.41, 5.74) is -2.46. The molecule has 2 fully saturated rings. The Hall–Kier alpha value is -3.28. The van der Waals surface area contributed by atoms with Crippen LogP contribution in [0, 0.1) is 11.3 Å². The van der Waals surface area contributed by atoms with Crippen molar-refractivity contribution in [1.82, 2.24) is 10.6 Å². The highest BCUT2D eigenvalue weighted by Crippen LogP contribution is 2.47. The number of carbonyl (C=O) groups is 2. The van der Waals surface area contributed by atoms with Crippen molar-refractivity contribution in [1.29, 1.82) is 0 Å². The Kier molecular flexibility index (Phi) is 7.97. The molecule has 1 unspecified atom stereocenters. The van der Waals surface area contributed by atoms with Gasteiger partial charge in [-0.3, -0.25) is 9.59 Å². The second kappa shape index (κ2) is 11.2. The van der Waals surface area contributed by atoms with E-state index in [-0.39, 0.29) is 36.0 Å². The minimum absolute atomic E-state index is 0.0409. The predicted octanol–water partition coefficient (Wildman–Crippen LogP) is 6.02. The molecule has 1 saturated heterocycles. The fourth-order valence-corrected chi connectivity index (χ4v) is 5.84. The third kappa shape index (κ3) is 6.97. The van der Waals surface area contributed by atoms with Gasteiger partial charge in [0.25, 0.3) is 5.91 Å². The van der Waals surface area contributed by atoms with Gasteiger partial charge in [0.05, 0.1) is 22.2 Å². The molecular formula is C29H31F6N3O3. The molecule has 2 amide bonds. The van der Waals surface area contributed by atoms with Crippen LogP contribution >= 0.6 is 0 Å². The van der Waals surface area contributed by atoms with Gasteiger partial charge < -0.3 is 20.7 Å². The molecule has 1 saturated carbocycles. The maximum Gasteiger partial charge on any atom is 0.416 e. The first-order valence-corrected chi connectivity index (χ1v) is 13.7. The topological polar surface area (TPSA) is 79.5 Å². The van der Waals surface area contributed by atoms with Crippen LogP contribution in [0.1, 0.15) is 66.7 Å². The summed E-state index contributed by atoms with van der Waals surface area (Å²) in [6, 6.07) is 6.96. The summed E-state index contributed by atoms with van der Waals surface area (Å²) < 4.78 is 85.5. The summed E-state index contributed by atoms with van der Waals surface area (Å²) >= 11 is 0. The van der Waals surface area contributed by atoms with E-state index < -0.39 is 35.4 Å². The number of anilines is 1. The molecule has 2 aliphatic heterocycles. The molecule has 2 heterocycles. The quantitative estimate of drug-likeness (QED) is 0.333. The Labute approximate surface area is 233 Å². The van der Waals surface area contributed by atoms with Crippen molar-refractivity contribution in [3.63, 3.8) is 0 Å². The largest absolute Gasteiger partial charge is 0.482 e. The van der Waals surface area contributed by atoms with Crippen molar-refractivity contribution >= 4 is 17.5 Å². The lowest BCUT2D eigenvalue weighted by molar-refractivity contribution is -0.143. The number of hydrogen-bond acceptors (Lipinski definition) is 4. The van der Waals surface area contributed by atoms with Gasteiger partial charge in [0, 0.05) is 6.54 Å². The molecule has 0 bridgehead atoms. The lowest BCUT2D eigenvalue weighted by Gasteiger charge is -2.39. The summed E-state index contributed by atoms with van der Waals surface area (Å²) in [5.74, 6) is 0.383. The lowest BCUT2D eigenvalue weighted by Crippen LogP contribution is -2.48. The SMILES string of the molecule is O=C1COc2ccc(C(CC3CC3)CC3(C(=O)NCc4cc(C(F)(F)F)cc(C(F)(F)F)c4)CCNCC3)cc2N1. The van der Waals surface area contributed by atoms with E-state index >= 15 is 0 Å². The number of benzene rings is 2. The van der Waals surface area contributed by atoms with Gasteiger partial charge >= 0.3 is 12.4 Å². The average Bonchev–Trinajstić information content (AvgIpc) is 3.74. The van der Waals surface area contributed by atoms with Gasteiger partial charge in [-0.05, 0) is 92.1 Å². The molecule has 41 heavy (non-hydrogen) atoms. The smallest absolute Gasteiger partial charge is 0.416 e. The molecule has 0 aromatic heterocycles. The number of amides is 2. The van der Waals surface area contributed by atoms with E-state index in [4.69, 9.17) is 4.74 Å². The van der Waals surface area contributed by atoms with Crippen LogP contribution in [-0.4, -0.2) is 31.5 Å². The molecule has 5 rings (SSSR count). The highest BCUT2D eigenvalue weighted by atomic mass is 19.4. The molecule has 222 valence electrons. The highest BCUT2D eigenvalue weighted by Gasteiger charge is 2.43. The van der Waals surface area contributed by atoms with Gasteiger partial charge in [-0.2, -0.15) is 26.3 Å². The van der Waals surface area contributed by atoms with Gasteiger partial charge in [0.2, 0.25) is 5.91 Å². The normalized spacial score (nSPS) is 19.5. The number of carbonyl (C=O) groups excluding carboxylic acids is 2. The summed E-state index contributed by atoms with van der Waals surface area (Å²) in [6.07, 6.45) is -5.53. The maximum absolute atomic E-state index is 13.7. The van der Waals surface area contributed by atoms with Crippen LogP contribution in [0.15, 0.2) is 36.4 Å². The first-order chi connectivity index (χ1) is 19.3. The molecule has 0 radical (unpaired) electrons. The van der Waals surface area contributed by atoms with Crippen LogP contribution in [0.5, 0.6) is 5.75 Å². The zero-order valence-corrected chi connectivity index (χ0v) is 22.2. The number of rotatable bonds is 8. The molecule has 12 heteroatoms. The van der Waals surface area contributed by atoms with E-state index in [1.54, 1.807) is 6.07 Å². The van der Waals surface area contributed by atoms with Crippen molar-refractivity contribution in [3.8, 4) is 5.75 Å². The summed E-state index contributed by atoms with van der Waals surface area (Å²) in [4.78, 5) is 25.6.